The highest BCUT2D eigenvalue weighted by atomic mass is 16.4. The highest BCUT2D eigenvalue weighted by Gasteiger charge is 2.42. The van der Waals surface area contributed by atoms with Crippen LogP contribution in [0.1, 0.15) is 31.2 Å². The number of carboxylic acids is 1. The number of amides is 1. The van der Waals surface area contributed by atoms with Crippen molar-refractivity contribution in [2.45, 2.75) is 32.1 Å². The summed E-state index contributed by atoms with van der Waals surface area (Å²) in [6, 6.07) is 7.32. The van der Waals surface area contributed by atoms with Gasteiger partial charge in [-0.1, -0.05) is 24.6 Å². The number of carbonyl (C=O) groups is 2. The lowest BCUT2D eigenvalue weighted by molar-refractivity contribution is -0.137. The molecule has 1 fully saturated rings. The predicted octanol–water partition coefficient (Wildman–Crippen LogP) is 1.77. The molecule has 0 aliphatic heterocycles. The Bertz CT molecular complexity index is 504. The van der Waals surface area contributed by atoms with Crippen molar-refractivity contribution in [2.24, 2.45) is 11.1 Å². The van der Waals surface area contributed by atoms with Crippen molar-refractivity contribution in [1.82, 2.24) is 0 Å². The summed E-state index contributed by atoms with van der Waals surface area (Å²) < 4.78 is 0. The molecule has 1 saturated carbocycles. The van der Waals surface area contributed by atoms with Crippen molar-refractivity contribution in [3.05, 3.63) is 29.8 Å². The van der Waals surface area contributed by atoms with Crippen molar-refractivity contribution in [2.75, 3.05) is 11.9 Å². The minimum Gasteiger partial charge on any atom is -0.481 e. The molecule has 0 aromatic heterocycles. The normalized spacial score (nSPS) is 16.2. The maximum atomic E-state index is 12.3. The topological polar surface area (TPSA) is 92.4 Å². The van der Waals surface area contributed by atoms with E-state index in [4.69, 9.17) is 10.8 Å². The molecule has 1 aliphatic rings. The maximum absolute atomic E-state index is 12.3. The quantitative estimate of drug-likeness (QED) is 0.738. The van der Waals surface area contributed by atoms with E-state index in [2.05, 4.69) is 5.32 Å². The molecule has 1 aromatic rings. The molecule has 0 atom stereocenters. The molecule has 0 radical (unpaired) electrons. The summed E-state index contributed by atoms with van der Waals surface area (Å²) >= 11 is 0. The Morgan fingerprint density at radius 3 is 2.55 bits per heavy atom. The van der Waals surface area contributed by atoms with E-state index >= 15 is 0 Å². The zero-order valence-electron chi connectivity index (χ0n) is 11.4. The predicted molar refractivity (Wildman–Crippen MR) is 76.4 cm³/mol. The third-order valence-electron chi connectivity index (χ3n) is 4.06. The first kappa shape index (κ1) is 14.5. The van der Waals surface area contributed by atoms with E-state index in [1.54, 1.807) is 6.07 Å². The molecule has 2 rings (SSSR count). The Morgan fingerprint density at radius 1 is 1.30 bits per heavy atom. The number of para-hydroxylation sites is 1. The van der Waals surface area contributed by atoms with Gasteiger partial charge in [-0.3, -0.25) is 9.59 Å². The lowest BCUT2D eigenvalue weighted by Gasteiger charge is -2.39. The minimum absolute atomic E-state index is 0.0472. The highest BCUT2D eigenvalue weighted by Crippen LogP contribution is 2.41. The van der Waals surface area contributed by atoms with E-state index in [1.807, 2.05) is 18.2 Å². The molecule has 20 heavy (non-hydrogen) atoms. The summed E-state index contributed by atoms with van der Waals surface area (Å²) in [5.41, 5.74) is 6.83. The van der Waals surface area contributed by atoms with E-state index in [9.17, 15) is 9.59 Å². The average Bonchev–Trinajstić information content (AvgIpc) is 2.37. The fourth-order valence-electron chi connectivity index (χ4n) is 2.48. The van der Waals surface area contributed by atoms with Gasteiger partial charge in [0.2, 0.25) is 5.91 Å². The number of anilines is 1. The molecule has 1 amide bonds. The van der Waals surface area contributed by atoms with Crippen LogP contribution in [-0.4, -0.2) is 23.5 Å². The SMILES string of the molecule is NCC1(C(=O)Nc2ccccc2CCC(=O)O)CCC1. The number of benzene rings is 1. The second-order valence-electron chi connectivity index (χ2n) is 5.34. The molecule has 108 valence electrons. The zero-order chi connectivity index (χ0) is 14.6. The monoisotopic (exact) mass is 276 g/mol. The Hall–Kier alpha value is -1.88. The summed E-state index contributed by atoms with van der Waals surface area (Å²) in [5, 5.41) is 11.7. The molecule has 0 bridgehead atoms. The second kappa shape index (κ2) is 6.05. The van der Waals surface area contributed by atoms with Gasteiger partial charge in [-0.15, -0.1) is 0 Å². The van der Waals surface area contributed by atoms with E-state index in [1.165, 1.54) is 0 Å². The molecule has 5 heteroatoms. The first-order chi connectivity index (χ1) is 9.57. The summed E-state index contributed by atoms with van der Waals surface area (Å²) in [7, 11) is 0. The Labute approximate surface area is 118 Å². The fourth-order valence-corrected chi connectivity index (χ4v) is 2.48. The van der Waals surface area contributed by atoms with Crippen molar-refractivity contribution < 1.29 is 14.7 Å². The van der Waals surface area contributed by atoms with Crippen molar-refractivity contribution >= 4 is 17.6 Å². The van der Waals surface area contributed by atoms with E-state index in [0.717, 1.165) is 24.8 Å². The third-order valence-corrected chi connectivity index (χ3v) is 4.06. The molecule has 4 N–H and O–H groups in total. The number of hydrogen-bond donors (Lipinski definition) is 3. The van der Waals surface area contributed by atoms with Gasteiger partial charge >= 0.3 is 5.97 Å². The van der Waals surface area contributed by atoms with Crippen LogP contribution in [0.4, 0.5) is 5.69 Å². The van der Waals surface area contributed by atoms with Crippen LogP contribution in [0.3, 0.4) is 0 Å². The third kappa shape index (κ3) is 2.99. The first-order valence-electron chi connectivity index (χ1n) is 6.89. The number of nitrogens with two attached hydrogens (primary N) is 1. The maximum Gasteiger partial charge on any atom is 0.303 e. The highest BCUT2D eigenvalue weighted by molar-refractivity contribution is 5.96. The Balaban J connectivity index is 2.08. The van der Waals surface area contributed by atoms with E-state index in [-0.39, 0.29) is 12.3 Å². The van der Waals surface area contributed by atoms with Gasteiger partial charge in [0, 0.05) is 18.7 Å². The Morgan fingerprint density at radius 2 is 2.00 bits per heavy atom. The van der Waals surface area contributed by atoms with Crippen LogP contribution in [0, 0.1) is 5.41 Å². The fraction of sp³-hybridized carbons (Fsp3) is 0.467. The van der Waals surface area contributed by atoms with Crippen LogP contribution in [-0.2, 0) is 16.0 Å². The van der Waals surface area contributed by atoms with Crippen LogP contribution in [0.5, 0.6) is 0 Å². The molecule has 0 heterocycles. The Kier molecular flexibility index (Phi) is 4.39. The summed E-state index contributed by atoms with van der Waals surface area (Å²) in [4.78, 5) is 23.0. The minimum atomic E-state index is -0.844. The second-order valence-corrected chi connectivity index (χ2v) is 5.34. The van der Waals surface area contributed by atoms with Crippen molar-refractivity contribution in [3.8, 4) is 0 Å². The lowest BCUT2D eigenvalue weighted by Crippen LogP contribution is -2.47. The van der Waals surface area contributed by atoms with Crippen LogP contribution in [0.15, 0.2) is 24.3 Å². The van der Waals surface area contributed by atoms with Crippen LogP contribution in [0.2, 0.25) is 0 Å². The number of carbonyl (C=O) groups excluding carboxylic acids is 1. The van der Waals surface area contributed by atoms with E-state index < -0.39 is 11.4 Å². The largest absolute Gasteiger partial charge is 0.481 e. The zero-order valence-corrected chi connectivity index (χ0v) is 11.4. The van der Waals surface area contributed by atoms with Gasteiger partial charge in [0.05, 0.1) is 5.41 Å². The molecule has 1 aliphatic carbocycles. The van der Waals surface area contributed by atoms with Gasteiger partial charge in [-0.2, -0.15) is 0 Å². The number of carboxylic acid groups (broad SMARTS) is 1. The lowest BCUT2D eigenvalue weighted by atomic mass is 9.68. The standard InChI is InChI=1S/C15H20N2O3/c16-10-15(8-3-9-15)14(20)17-12-5-2-1-4-11(12)6-7-13(18)19/h1-2,4-5H,3,6-10,16H2,(H,17,20)(H,18,19). The molecule has 0 spiro atoms. The summed E-state index contributed by atoms with van der Waals surface area (Å²) in [6.07, 6.45) is 3.14. The van der Waals surface area contributed by atoms with Gasteiger partial charge in [0.15, 0.2) is 0 Å². The summed E-state index contributed by atoms with van der Waals surface area (Å²) in [6.45, 7) is 0.357. The van der Waals surface area contributed by atoms with Gasteiger partial charge in [-0.05, 0) is 30.9 Å². The summed E-state index contributed by atoms with van der Waals surface area (Å²) in [5.74, 6) is -0.891. The number of hydrogen-bond acceptors (Lipinski definition) is 3. The molecule has 5 nitrogen and oxygen atoms in total. The molecule has 1 aromatic carbocycles. The number of aryl methyl sites for hydroxylation is 1. The molecular weight excluding hydrogens is 256 g/mol. The first-order valence-corrected chi connectivity index (χ1v) is 6.89. The molecule has 0 unspecified atom stereocenters. The van der Waals surface area contributed by atoms with Gasteiger partial charge < -0.3 is 16.2 Å². The van der Waals surface area contributed by atoms with Gasteiger partial charge in [-0.25, -0.2) is 0 Å². The average molecular weight is 276 g/mol. The number of rotatable bonds is 6. The van der Waals surface area contributed by atoms with Crippen molar-refractivity contribution in [3.63, 3.8) is 0 Å². The molecular formula is C15H20N2O3. The van der Waals surface area contributed by atoms with Crippen LogP contribution < -0.4 is 11.1 Å². The van der Waals surface area contributed by atoms with Crippen molar-refractivity contribution in [1.29, 1.82) is 0 Å². The van der Waals surface area contributed by atoms with E-state index in [0.29, 0.717) is 18.7 Å². The van der Waals surface area contributed by atoms with Crippen LogP contribution >= 0.6 is 0 Å². The smallest absolute Gasteiger partial charge is 0.303 e. The molecule has 0 saturated heterocycles. The van der Waals surface area contributed by atoms with Gasteiger partial charge in [0.1, 0.15) is 0 Å². The number of nitrogens with one attached hydrogen (secondary N) is 1. The van der Waals surface area contributed by atoms with Crippen LogP contribution in [0.25, 0.3) is 0 Å². The van der Waals surface area contributed by atoms with Gasteiger partial charge in [0.25, 0.3) is 0 Å². The number of aliphatic carboxylic acids is 1.